The van der Waals surface area contributed by atoms with Crippen LogP contribution in [-0.2, 0) is 0 Å². The first-order valence-corrected chi connectivity index (χ1v) is 3.27. The van der Waals surface area contributed by atoms with Gasteiger partial charge in [0.2, 0.25) is 5.95 Å². The van der Waals surface area contributed by atoms with Gasteiger partial charge in [0, 0.05) is 20.9 Å². The van der Waals surface area contributed by atoms with Crippen LogP contribution in [-0.4, -0.2) is 17.0 Å². The number of aromatic nitrogens is 2. The van der Waals surface area contributed by atoms with Gasteiger partial charge in [-0.2, -0.15) is 0 Å². The van der Waals surface area contributed by atoms with Crippen molar-refractivity contribution in [2.75, 3.05) is 12.4 Å². The van der Waals surface area contributed by atoms with Crippen LogP contribution in [0.2, 0.25) is 0 Å². The van der Waals surface area contributed by atoms with Crippen LogP contribution in [0.25, 0.3) is 0 Å². The molecule has 0 saturated heterocycles. The lowest BCUT2D eigenvalue weighted by Gasteiger charge is -1.94. The summed E-state index contributed by atoms with van der Waals surface area (Å²) in [5.74, 6) is 0.637. The van der Waals surface area contributed by atoms with Gasteiger partial charge in [0.1, 0.15) is 0 Å². The fourth-order valence-corrected chi connectivity index (χ4v) is 0.646. The Morgan fingerprint density at radius 3 is 2.56 bits per heavy atom. The molecule has 0 atom stereocenters. The zero-order valence-corrected chi connectivity index (χ0v) is 6.51. The van der Waals surface area contributed by atoms with Gasteiger partial charge in [-0.15, -0.1) is 0 Å². The summed E-state index contributed by atoms with van der Waals surface area (Å²) in [5, 5.41) is 2.81. The molecule has 0 amide bonds. The SMILES string of the molecule is CNc1ncc(Br)cn1.[HH]. The molecule has 1 aromatic rings. The molecule has 0 unspecified atom stereocenters. The quantitative estimate of drug-likeness (QED) is 0.729. The fraction of sp³-hybridized carbons (Fsp3) is 0.200. The second-order valence-electron chi connectivity index (χ2n) is 1.47. The van der Waals surface area contributed by atoms with Crippen molar-refractivity contribution in [1.82, 2.24) is 9.97 Å². The molecule has 0 bridgehead atoms. The lowest BCUT2D eigenvalue weighted by Crippen LogP contribution is -1.93. The van der Waals surface area contributed by atoms with Crippen LogP contribution in [0.5, 0.6) is 0 Å². The number of hydrogen-bond donors (Lipinski definition) is 1. The smallest absolute Gasteiger partial charge is 0.222 e. The minimum atomic E-state index is 0. The highest BCUT2D eigenvalue weighted by Gasteiger charge is 1.88. The summed E-state index contributed by atoms with van der Waals surface area (Å²) < 4.78 is 0.890. The number of hydrogen-bond acceptors (Lipinski definition) is 3. The Kier molecular flexibility index (Phi) is 2.00. The van der Waals surface area contributed by atoms with Gasteiger partial charge in [0.25, 0.3) is 0 Å². The zero-order chi connectivity index (χ0) is 6.69. The Bertz CT molecular complexity index is 189. The van der Waals surface area contributed by atoms with Crippen molar-refractivity contribution in [3.05, 3.63) is 16.9 Å². The number of rotatable bonds is 1. The summed E-state index contributed by atoms with van der Waals surface area (Å²) in [6.07, 6.45) is 3.39. The average molecular weight is 190 g/mol. The zero-order valence-electron chi connectivity index (χ0n) is 4.93. The molecule has 1 rings (SSSR count). The van der Waals surface area contributed by atoms with E-state index in [9.17, 15) is 0 Å². The van der Waals surface area contributed by atoms with Crippen LogP contribution in [0, 0.1) is 0 Å². The van der Waals surface area contributed by atoms with Gasteiger partial charge >= 0.3 is 0 Å². The summed E-state index contributed by atoms with van der Waals surface area (Å²) in [7, 11) is 1.78. The first kappa shape index (κ1) is 6.48. The number of halogens is 1. The van der Waals surface area contributed by atoms with Crippen molar-refractivity contribution in [3.63, 3.8) is 0 Å². The molecule has 9 heavy (non-hydrogen) atoms. The van der Waals surface area contributed by atoms with Gasteiger partial charge in [-0.1, -0.05) is 0 Å². The van der Waals surface area contributed by atoms with Crippen LogP contribution >= 0.6 is 15.9 Å². The number of anilines is 1. The van der Waals surface area contributed by atoms with E-state index in [2.05, 4.69) is 31.2 Å². The Morgan fingerprint density at radius 1 is 1.56 bits per heavy atom. The van der Waals surface area contributed by atoms with E-state index in [1.807, 2.05) is 0 Å². The molecule has 0 aromatic carbocycles. The standard InChI is InChI=1S/C5H6BrN3.H2/c1-7-5-8-2-4(6)3-9-5;/h2-3H,1H3,(H,7,8,9);1H. The topological polar surface area (TPSA) is 37.8 Å². The normalized spacial score (nSPS) is 9.11. The minimum absolute atomic E-state index is 0. The predicted molar refractivity (Wildman–Crippen MR) is 41.4 cm³/mol. The molecule has 0 radical (unpaired) electrons. The molecule has 0 aliphatic rings. The molecule has 0 saturated carbocycles. The third kappa shape index (κ3) is 1.64. The molecule has 50 valence electrons. The second-order valence-corrected chi connectivity index (χ2v) is 2.39. The average Bonchev–Trinajstić information content (AvgIpc) is 1.90. The molecule has 1 heterocycles. The maximum absolute atomic E-state index is 3.93. The van der Waals surface area contributed by atoms with Crippen LogP contribution in [0.3, 0.4) is 0 Å². The third-order valence-corrected chi connectivity index (χ3v) is 1.25. The van der Waals surface area contributed by atoms with Gasteiger partial charge in [-0.25, -0.2) is 9.97 Å². The van der Waals surface area contributed by atoms with Crippen LogP contribution in [0.1, 0.15) is 1.43 Å². The highest BCUT2D eigenvalue weighted by molar-refractivity contribution is 9.10. The summed E-state index contributed by atoms with van der Waals surface area (Å²) in [6, 6.07) is 0. The Labute approximate surface area is 63.1 Å². The second kappa shape index (κ2) is 2.77. The van der Waals surface area contributed by atoms with E-state index in [-0.39, 0.29) is 1.43 Å². The van der Waals surface area contributed by atoms with Crippen LogP contribution in [0.15, 0.2) is 16.9 Å². The van der Waals surface area contributed by atoms with E-state index in [1.54, 1.807) is 19.4 Å². The molecule has 0 spiro atoms. The van der Waals surface area contributed by atoms with Crippen molar-refractivity contribution in [3.8, 4) is 0 Å². The van der Waals surface area contributed by atoms with Gasteiger partial charge in [-0.3, -0.25) is 0 Å². The molecule has 0 aliphatic carbocycles. The van der Waals surface area contributed by atoms with Crippen molar-refractivity contribution in [2.24, 2.45) is 0 Å². The molecule has 3 nitrogen and oxygen atoms in total. The maximum Gasteiger partial charge on any atom is 0.222 e. The van der Waals surface area contributed by atoms with Crippen molar-refractivity contribution in [2.45, 2.75) is 0 Å². The van der Waals surface area contributed by atoms with E-state index < -0.39 is 0 Å². The minimum Gasteiger partial charge on any atom is -0.357 e. The molecular weight excluding hydrogens is 182 g/mol. The summed E-state index contributed by atoms with van der Waals surface area (Å²) >= 11 is 3.22. The van der Waals surface area contributed by atoms with E-state index in [4.69, 9.17) is 0 Å². The Balaban J connectivity index is 0.000000810. The number of nitrogens with one attached hydrogen (secondary N) is 1. The van der Waals surface area contributed by atoms with E-state index >= 15 is 0 Å². The van der Waals surface area contributed by atoms with Crippen molar-refractivity contribution >= 4 is 21.9 Å². The largest absolute Gasteiger partial charge is 0.357 e. The highest BCUT2D eigenvalue weighted by Crippen LogP contribution is 2.05. The summed E-state index contributed by atoms with van der Waals surface area (Å²) in [6.45, 7) is 0. The highest BCUT2D eigenvalue weighted by atomic mass is 79.9. The first-order chi connectivity index (χ1) is 4.33. The lowest BCUT2D eigenvalue weighted by atomic mass is 10.7. The lowest BCUT2D eigenvalue weighted by molar-refractivity contribution is 1.14. The summed E-state index contributed by atoms with van der Waals surface area (Å²) in [5.41, 5.74) is 0. The van der Waals surface area contributed by atoms with Crippen LogP contribution in [0.4, 0.5) is 5.95 Å². The first-order valence-electron chi connectivity index (χ1n) is 2.48. The Hall–Kier alpha value is -0.640. The maximum atomic E-state index is 3.93. The number of nitrogens with zero attached hydrogens (tertiary/aromatic N) is 2. The fourth-order valence-electron chi connectivity index (χ4n) is 0.441. The monoisotopic (exact) mass is 189 g/mol. The predicted octanol–water partition coefficient (Wildman–Crippen LogP) is 1.53. The van der Waals surface area contributed by atoms with Gasteiger partial charge in [0.15, 0.2) is 0 Å². The Morgan fingerprint density at radius 2 is 2.11 bits per heavy atom. The van der Waals surface area contributed by atoms with Crippen molar-refractivity contribution < 1.29 is 1.43 Å². The molecule has 0 aliphatic heterocycles. The van der Waals surface area contributed by atoms with Gasteiger partial charge in [0.05, 0.1) is 4.47 Å². The van der Waals surface area contributed by atoms with Gasteiger partial charge < -0.3 is 5.32 Å². The molecular formula is C5H8BrN3. The van der Waals surface area contributed by atoms with E-state index in [1.165, 1.54) is 0 Å². The van der Waals surface area contributed by atoms with Gasteiger partial charge in [-0.05, 0) is 15.9 Å². The van der Waals surface area contributed by atoms with Crippen molar-refractivity contribution in [1.29, 1.82) is 0 Å². The van der Waals surface area contributed by atoms with E-state index in [0.717, 1.165) is 4.47 Å². The summed E-state index contributed by atoms with van der Waals surface area (Å²) in [4.78, 5) is 7.86. The molecule has 1 aromatic heterocycles. The van der Waals surface area contributed by atoms with E-state index in [0.29, 0.717) is 5.95 Å². The molecule has 0 fully saturated rings. The third-order valence-electron chi connectivity index (χ3n) is 0.844. The van der Waals surface area contributed by atoms with Crippen LogP contribution < -0.4 is 5.32 Å². The molecule has 4 heteroatoms. The molecule has 1 N–H and O–H groups in total.